The summed E-state index contributed by atoms with van der Waals surface area (Å²) in [5.74, 6) is -0.584. The number of amides is 3. The van der Waals surface area contributed by atoms with Gasteiger partial charge in [-0.15, -0.1) is 0 Å². The summed E-state index contributed by atoms with van der Waals surface area (Å²) in [4.78, 5) is 28.4. The minimum absolute atomic E-state index is 0.112. The quantitative estimate of drug-likeness (QED) is 0.683. The monoisotopic (exact) mass is 462 g/mol. The molecule has 0 bridgehead atoms. The van der Waals surface area contributed by atoms with Crippen LogP contribution < -0.4 is 11.1 Å². The minimum Gasteiger partial charge on any atom is -0.366 e. The summed E-state index contributed by atoms with van der Waals surface area (Å²) in [5.41, 5.74) is 7.89. The van der Waals surface area contributed by atoms with Gasteiger partial charge in [0.15, 0.2) is 0 Å². The van der Waals surface area contributed by atoms with Crippen molar-refractivity contribution in [1.29, 1.82) is 0 Å². The Morgan fingerprint density at radius 2 is 1.87 bits per heavy atom. The van der Waals surface area contributed by atoms with E-state index in [2.05, 4.69) is 17.3 Å². The van der Waals surface area contributed by atoms with E-state index in [1.165, 1.54) is 0 Å². The van der Waals surface area contributed by atoms with Crippen molar-refractivity contribution in [3.63, 3.8) is 0 Å². The van der Waals surface area contributed by atoms with Crippen molar-refractivity contribution >= 4 is 35.1 Å². The molecule has 8 heteroatoms. The Balaban J connectivity index is 1.73. The van der Waals surface area contributed by atoms with Gasteiger partial charge in [0.2, 0.25) is 5.91 Å². The van der Waals surface area contributed by atoms with Crippen LogP contribution in [0.25, 0.3) is 11.1 Å². The number of likely N-dealkylation sites (tertiary alicyclic amines) is 1. The number of nitrogens with one attached hydrogen (secondary N) is 1. The summed E-state index contributed by atoms with van der Waals surface area (Å²) in [6.07, 6.45) is 1.94. The minimum atomic E-state index is -0.584. The lowest BCUT2D eigenvalue weighted by atomic mass is 9.99. The maximum absolute atomic E-state index is 12.8. The number of hydrogen-bond acceptors (Lipinski definition) is 3. The molecular weight excluding hydrogens is 435 g/mol. The van der Waals surface area contributed by atoms with Crippen molar-refractivity contribution < 1.29 is 9.59 Å². The summed E-state index contributed by atoms with van der Waals surface area (Å²) in [6, 6.07) is 10.5. The number of urea groups is 1. The van der Waals surface area contributed by atoms with E-state index < -0.39 is 5.91 Å². The number of piperidine rings is 1. The Morgan fingerprint density at radius 1 is 1.19 bits per heavy atom. The molecule has 31 heavy (non-hydrogen) atoms. The van der Waals surface area contributed by atoms with Gasteiger partial charge in [-0.05, 0) is 63.2 Å². The van der Waals surface area contributed by atoms with Crippen molar-refractivity contribution in [2.24, 2.45) is 5.73 Å². The van der Waals surface area contributed by atoms with E-state index in [0.717, 1.165) is 37.1 Å². The first kappa shape index (κ1) is 23.4. The Hall–Kier alpha value is -2.28. The molecule has 1 aliphatic heterocycles. The van der Waals surface area contributed by atoms with Crippen LogP contribution in [0, 0.1) is 0 Å². The topological polar surface area (TPSA) is 78.7 Å². The van der Waals surface area contributed by atoms with Crippen molar-refractivity contribution in [3.8, 4) is 11.1 Å². The van der Waals surface area contributed by atoms with Crippen LogP contribution in [0.1, 0.15) is 41.7 Å². The SMILES string of the molecule is CC(NC(=O)N(C)C1CCN(C)CC1)c1ccc(-c2cccc(C(N)=O)c2Cl)cc1Cl. The van der Waals surface area contributed by atoms with E-state index in [9.17, 15) is 9.59 Å². The number of carbonyl (C=O) groups excluding carboxylic acids is 2. The standard InChI is InChI=1S/C23H28Cl2N4O2/c1-14(27-23(31)29(3)16-9-11-28(2)12-10-16)17-8-7-15(13-20(17)24)18-5-4-6-19(21(18)25)22(26)30/h4-8,13-14,16H,9-12H2,1-3H3,(H2,26,30)(H,27,31). The molecule has 0 aliphatic carbocycles. The van der Waals surface area contributed by atoms with Crippen molar-refractivity contribution in [2.75, 3.05) is 27.2 Å². The molecule has 3 amide bonds. The van der Waals surface area contributed by atoms with Crippen LogP contribution >= 0.6 is 23.2 Å². The van der Waals surface area contributed by atoms with Crippen molar-refractivity contribution in [3.05, 3.63) is 57.6 Å². The molecule has 2 aromatic carbocycles. The van der Waals surface area contributed by atoms with Gasteiger partial charge >= 0.3 is 6.03 Å². The smallest absolute Gasteiger partial charge is 0.317 e. The molecule has 1 unspecified atom stereocenters. The summed E-state index contributed by atoms with van der Waals surface area (Å²) in [7, 11) is 3.94. The lowest BCUT2D eigenvalue weighted by Crippen LogP contribution is -2.48. The molecule has 6 nitrogen and oxygen atoms in total. The van der Waals surface area contributed by atoms with Crippen LogP contribution in [0.3, 0.4) is 0 Å². The lowest BCUT2D eigenvalue weighted by Gasteiger charge is -2.35. The van der Waals surface area contributed by atoms with Gasteiger partial charge in [0, 0.05) is 23.7 Å². The van der Waals surface area contributed by atoms with Gasteiger partial charge in [-0.2, -0.15) is 0 Å². The number of nitrogens with two attached hydrogens (primary N) is 1. The third-order valence-corrected chi connectivity index (χ3v) is 6.67. The Kier molecular flexibility index (Phi) is 7.46. The fourth-order valence-electron chi connectivity index (χ4n) is 3.90. The summed E-state index contributed by atoms with van der Waals surface area (Å²) < 4.78 is 0. The fourth-order valence-corrected chi connectivity index (χ4v) is 4.58. The second kappa shape index (κ2) is 9.90. The number of halogens is 2. The number of primary amides is 1. The van der Waals surface area contributed by atoms with Crippen LogP contribution in [0.5, 0.6) is 0 Å². The van der Waals surface area contributed by atoms with Crippen LogP contribution in [-0.4, -0.2) is 55.0 Å². The maximum Gasteiger partial charge on any atom is 0.317 e. The second-order valence-corrected chi connectivity index (χ2v) is 8.87. The molecule has 0 spiro atoms. The number of nitrogens with zero attached hydrogens (tertiary/aromatic N) is 2. The second-order valence-electron chi connectivity index (χ2n) is 8.08. The Labute approximate surface area is 193 Å². The number of hydrogen-bond donors (Lipinski definition) is 2. The first-order valence-electron chi connectivity index (χ1n) is 10.3. The maximum atomic E-state index is 12.8. The summed E-state index contributed by atoms with van der Waals surface area (Å²) in [6.45, 7) is 3.89. The largest absolute Gasteiger partial charge is 0.366 e. The lowest BCUT2D eigenvalue weighted by molar-refractivity contribution is 0.100. The van der Waals surface area contributed by atoms with E-state index in [-0.39, 0.29) is 23.7 Å². The molecular formula is C23H28Cl2N4O2. The normalized spacial score (nSPS) is 16.0. The molecule has 1 atom stereocenters. The zero-order chi connectivity index (χ0) is 22.7. The first-order valence-corrected chi connectivity index (χ1v) is 11.0. The van der Waals surface area contributed by atoms with Gasteiger partial charge in [0.25, 0.3) is 0 Å². The van der Waals surface area contributed by atoms with Gasteiger partial charge < -0.3 is 20.9 Å². The molecule has 3 N–H and O–H groups in total. The fraction of sp³-hybridized carbons (Fsp3) is 0.391. The van der Waals surface area contributed by atoms with Crippen LogP contribution in [0.4, 0.5) is 4.79 Å². The molecule has 2 aromatic rings. The van der Waals surface area contributed by atoms with E-state index in [4.69, 9.17) is 28.9 Å². The molecule has 1 heterocycles. The predicted molar refractivity (Wildman–Crippen MR) is 126 cm³/mol. The van der Waals surface area contributed by atoms with E-state index in [1.807, 2.05) is 32.2 Å². The van der Waals surface area contributed by atoms with Gasteiger partial charge in [-0.3, -0.25) is 4.79 Å². The molecule has 0 aromatic heterocycles. The summed E-state index contributed by atoms with van der Waals surface area (Å²) in [5, 5.41) is 3.84. The zero-order valence-electron chi connectivity index (χ0n) is 18.0. The average molecular weight is 463 g/mol. The van der Waals surface area contributed by atoms with Gasteiger partial charge in [-0.25, -0.2) is 4.79 Å². The highest BCUT2D eigenvalue weighted by Gasteiger charge is 2.25. The van der Waals surface area contributed by atoms with Crippen molar-refractivity contribution in [1.82, 2.24) is 15.1 Å². The highest BCUT2D eigenvalue weighted by molar-refractivity contribution is 6.36. The van der Waals surface area contributed by atoms with Crippen LogP contribution in [0.15, 0.2) is 36.4 Å². The highest BCUT2D eigenvalue weighted by atomic mass is 35.5. The zero-order valence-corrected chi connectivity index (χ0v) is 19.5. The first-order chi connectivity index (χ1) is 14.7. The number of rotatable bonds is 5. The molecule has 3 rings (SSSR count). The molecule has 1 aliphatic rings. The summed E-state index contributed by atoms with van der Waals surface area (Å²) >= 11 is 12.9. The molecule has 1 fully saturated rings. The average Bonchev–Trinajstić information content (AvgIpc) is 2.73. The predicted octanol–water partition coefficient (Wildman–Crippen LogP) is 4.56. The van der Waals surface area contributed by atoms with E-state index >= 15 is 0 Å². The Bertz CT molecular complexity index is 974. The number of carbonyl (C=O) groups is 2. The Morgan fingerprint density at radius 3 is 2.48 bits per heavy atom. The van der Waals surface area contributed by atoms with Crippen molar-refractivity contribution in [2.45, 2.75) is 31.8 Å². The van der Waals surface area contributed by atoms with Gasteiger partial charge in [0.05, 0.1) is 16.6 Å². The third-order valence-electron chi connectivity index (χ3n) is 5.94. The third kappa shape index (κ3) is 5.32. The van der Waals surface area contributed by atoms with Gasteiger partial charge in [-0.1, -0.05) is 47.5 Å². The van der Waals surface area contributed by atoms with E-state index in [1.54, 1.807) is 23.1 Å². The molecule has 1 saturated heterocycles. The van der Waals surface area contributed by atoms with Gasteiger partial charge in [0.1, 0.15) is 0 Å². The molecule has 0 radical (unpaired) electrons. The highest BCUT2D eigenvalue weighted by Crippen LogP contribution is 2.34. The molecule has 166 valence electrons. The van der Waals surface area contributed by atoms with Crippen LogP contribution in [-0.2, 0) is 0 Å². The van der Waals surface area contributed by atoms with Crippen LogP contribution in [0.2, 0.25) is 10.0 Å². The molecule has 0 saturated carbocycles. The van der Waals surface area contributed by atoms with E-state index in [0.29, 0.717) is 15.6 Å². The number of benzene rings is 2.